The van der Waals surface area contributed by atoms with Gasteiger partial charge in [-0.25, -0.2) is 13.8 Å². The predicted molar refractivity (Wildman–Crippen MR) is 115 cm³/mol. The molecule has 0 atom stereocenters. The van der Waals surface area contributed by atoms with Gasteiger partial charge in [0.25, 0.3) is 5.91 Å². The third-order valence-corrected chi connectivity index (χ3v) is 7.35. The number of nitrogens with one attached hydrogen (secondary N) is 2. The van der Waals surface area contributed by atoms with Crippen LogP contribution in [-0.2, 0) is 14.8 Å². The van der Waals surface area contributed by atoms with Crippen LogP contribution in [0.4, 0.5) is 0 Å². The number of carbonyl (C=O) groups is 1. The smallest absolute Gasteiger partial charge is 0.295 e. The van der Waals surface area contributed by atoms with Crippen molar-refractivity contribution >= 4 is 37.6 Å². The van der Waals surface area contributed by atoms with Crippen LogP contribution < -0.4 is 15.4 Å². The number of nitrogens with zero attached hydrogens (tertiary/aromatic N) is 2. The second-order valence-corrected chi connectivity index (χ2v) is 9.89. The van der Waals surface area contributed by atoms with E-state index in [-0.39, 0.29) is 23.1 Å². The minimum absolute atomic E-state index is 0.0829. The Balaban J connectivity index is 1.50. The predicted octanol–water partition coefficient (Wildman–Crippen LogP) is -0.0477. The number of hydrazone groups is 1. The maximum atomic E-state index is 12.7. The lowest BCUT2D eigenvalue weighted by atomic mass is 10.1. The number of hydrogen-bond acceptors (Lipinski definition) is 5. The number of amides is 1. The highest BCUT2D eigenvalue weighted by atomic mass is 79.9. The fraction of sp³-hybridized carbons (Fsp3) is 0.300. The summed E-state index contributed by atoms with van der Waals surface area (Å²) < 4.78 is 27.8. The summed E-state index contributed by atoms with van der Waals surface area (Å²) in [7, 11) is -3.53. The number of carbonyl (C=O) groups excluding carboxylic acids is 1. The molecule has 1 aliphatic rings. The van der Waals surface area contributed by atoms with Crippen molar-refractivity contribution in [3.05, 3.63) is 58.6 Å². The molecule has 0 bridgehead atoms. The molecule has 30 heavy (non-hydrogen) atoms. The number of quaternary nitrogens is 1. The highest BCUT2D eigenvalue weighted by molar-refractivity contribution is 9.10. The quantitative estimate of drug-likeness (QED) is 0.433. The molecule has 1 fully saturated rings. The number of sulfonamides is 1. The molecular formula is C20H23BrN4O4S. The molecule has 1 aliphatic heterocycles. The Hall–Kier alpha value is -2.27. The van der Waals surface area contributed by atoms with Crippen LogP contribution >= 0.6 is 15.9 Å². The lowest BCUT2D eigenvalue weighted by Crippen LogP contribution is -3.15. The average Bonchev–Trinajstić information content (AvgIpc) is 2.73. The number of rotatable bonds is 6. The van der Waals surface area contributed by atoms with Crippen LogP contribution in [-0.4, -0.2) is 57.1 Å². The van der Waals surface area contributed by atoms with Crippen molar-refractivity contribution in [1.29, 1.82) is 0 Å². The summed E-state index contributed by atoms with van der Waals surface area (Å²) in [5.41, 5.74) is 3.89. The van der Waals surface area contributed by atoms with E-state index in [2.05, 4.69) is 26.5 Å². The molecule has 0 unspecified atom stereocenters. The summed E-state index contributed by atoms with van der Waals surface area (Å²) in [6.07, 6.45) is 0. The molecule has 1 heterocycles. The zero-order valence-corrected chi connectivity index (χ0v) is 18.9. The molecule has 0 aromatic heterocycles. The third kappa shape index (κ3) is 5.66. The lowest BCUT2D eigenvalue weighted by molar-refractivity contribution is -0.895. The van der Waals surface area contributed by atoms with Gasteiger partial charge in [0.15, 0.2) is 6.54 Å². The SMILES string of the molecule is C/C(=N/NC(=O)C[NH+]1CCN(S(=O)(=O)c2ccc(Br)cc2)CC1)c1ccc([O-])cc1. The van der Waals surface area contributed by atoms with E-state index in [1.165, 1.54) is 16.4 Å². The Kier molecular flexibility index (Phi) is 7.24. The molecule has 0 spiro atoms. The summed E-state index contributed by atoms with van der Waals surface area (Å²) in [5, 5.41) is 15.2. The topological polar surface area (TPSA) is 106 Å². The monoisotopic (exact) mass is 494 g/mol. The number of halogens is 1. The van der Waals surface area contributed by atoms with Gasteiger partial charge in [-0.3, -0.25) is 4.79 Å². The molecule has 2 N–H and O–H groups in total. The molecule has 0 radical (unpaired) electrons. The van der Waals surface area contributed by atoms with Gasteiger partial charge in [0.2, 0.25) is 10.0 Å². The normalized spacial score (nSPS) is 16.4. The summed E-state index contributed by atoms with van der Waals surface area (Å²) in [6, 6.07) is 12.8. The first kappa shape index (κ1) is 22.4. The molecule has 1 amide bonds. The fourth-order valence-corrected chi connectivity index (χ4v) is 4.85. The Morgan fingerprint density at radius 2 is 1.73 bits per heavy atom. The molecule has 160 valence electrons. The van der Waals surface area contributed by atoms with E-state index < -0.39 is 10.0 Å². The highest BCUT2D eigenvalue weighted by Gasteiger charge is 2.31. The van der Waals surface area contributed by atoms with Gasteiger partial charge in [-0.1, -0.05) is 40.2 Å². The minimum Gasteiger partial charge on any atom is -0.872 e. The van der Waals surface area contributed by atoms with E-state index in [1.807, 2.05) is 0 Å². The summed E-state index contributed by atoms with van der Waals surface area (Å²) in [5.74, 6) is -0.325. The van der Waals surface area contributed by atoms with Crippen LogP contribution in [0.3, 0.4) is 0 Å². The molecule has 0 aliphatic carbocycles. The Morgan fingerprint density at radius 3 is 2.33 bits per heavy atom. The molecule has 0 saturated carbocycles. The van der Waals surface area contributed by atoms with E-state index in [4.69, 9.17) is 0 Å². The van der Waals surface area contributed by atoms with E-state index in [9.17, 15) is 18.3 Å². The molecule has 2 aromatic rings. The van der Waals surface area contributed by atoms with Crippen molar-refractivity contribution in [2.75, 3.05) is 32.7 Å². The van der Waals surface area contributed by atoms with Gasteiger partial charge in [-0.15, -0.1) is 5.75 Å². The van der Waals surface area contributed by atoms with Crippen molar-refractivity contribution in [1.82, 2.24) is 9.73 Å². The number of hydrogen-bond donors (Lipinski definition) is 2. The summed E-state index contributed by atoms with van der Waals surface area (Å²) in [4.78, 5) is 13.5. The van der Waals surface area contributed by atoms with Crippen LogP contribution in [0.1, 0.15) is 12.5 Å². The zero-order chi connectivity index (χ0) is 21.7. The van der Waals surface area contributed by atoms with Crippen molar-refractivity contribution in [3.63, 3.8) is 0 Å². The summed E-state index contributed by atoms with van der Waals surface area (Å²) in [6.45, 7) is 3.74. The lowest BCUT2D eigenvalue weighted by Gasteiger charge is -2.31. The Morgan fingerprint density at radius 1 is 1.13 bits per heavy atom. The van der Waals surface area contributed by atoms with Crippen molar-refractivity contribution in [2.24, 2.45) is 5.10 Å². The largest absolute Gasteiger partial charge is 0.872 e. The van der Waals surface area contributed by atoms with Crippen molar-refractivity contribution in [3.8, 4) is 5.75 Å². The maximum absolute atomic E-state index is 12.7. The van der Waals surface area contributed by atoms with Gasteiger partial charge in [0.1, 0.15) is 0 Å². The second kappa shape index (κ2) is 9.69. The van der Waals surface area contributed by atoms with Crippen LogP contribution in [0.15, 0.2) is 63.0 Å². The second-order valence-electron chi connectivity index (χ2n) is 7.04. The maximum Gasteiger partial charge on any atom is 0.295 e. The molecule has 2 aromatic carbocycles. The van der Waals surface area contributed by atoms with Crippen molar-refractivity contribution in [2.45, 2.75) is 11.8 Å². The van der Waals surface area contributed by atoms with Crippen LogP contribution in [0, 0.1) is 0 Å². The van der Waals surface area contributed by atoms with Gasteiger partial charge in [-0.05, 0) is 36.8 Å². The van der Waals surface area contributed by atoms with Crippen LogP contribution in [0.5, 0.6) is 5.75 Å². The first-order valence-corrected chi connectivity index (χ1v) is 11.7. The minimum atomic E-state index is -3.53. The Labute approximate surface area is 184 Å². The molecule has 10 heteroatoms. The van der Waals surface area contributed by atoms with E-state index >= 15 is 0 Å². The van der Waals surface area contributed by atoms with Gasteiger partial charge in [0.05, 0.1) is 36.8 Å². The number of benzene rings is 2. The van der Waals surface area contributed by atoms with Gasteiger partial charge < -0.3 is 10.0 Å². The van der Waals surface area contributed by atoms with E-state index in [1.54, 1.807) is 43.3 Å². The van der Waals surface area contributed by atoms with E-state index in [0.717, 1.165) is 14.9 Å². The fourth-order valence-electron chi connectivity index (χ4n) is 3.15. The Bertz CT molecular complexity index is 1020. The molecular weight excluding hydrogens is 472 g/mol. The summed E-state index contributed by atoms with van der Waals surface area (Å²) >= 11 is 3.31. The standard InChI is InChI=1S/C20H23BrN4O4S/c1-15(16-2-6-18(26)7-3-16)22-23-20(27)14-24-10-12-25(13-11-24)30(28,29)19-8-4-17(21)5-9-19/h2-9,26H,10-14H2,1H3,(H,23,27)/b22-15-. The van der Waals surface area contributed by atoms with Gasteiger partial charge >= 0.3 is 0 Å². The van der Waals surface area contributed by atoms with E-state index in [0.29, 0.717) is 31.9 Å². The molecule has 3 rings (SSSR count). The van der Waals surface area contributed by atoms with Crippen molar-refractivity contribution < 1.29 is 23.2 Å². The van der Waals surface area contributed by atoms with Crippen LogP contribution in [0.25, 0.3) is 0 Å². The molecule has 8 nitrogen and oxygen atoms in total. The highest BCUT2D eigenvalue weighted by Crippen LogP contribution is 2.18. The van der Waals surface area contributed by atoms with Crippen LogP contribution in [0.2, 0.25) is 0 Å². The first-order valence-electron chi connectivity index (χ1n) is 9.45. The first-order chi connectivity index (χ1) is 14.3. The van der Waals surface area contributed by atoms with Gasteiger partial charge in [0, 0.05) is 4.47 Å². The molecule has 1 saturated heterocycles. The number of piperazine rings is 1. The van der Waals surface area contributed by atoms with Gasteiger partial charge in [-0.2, -0.15) is 9.41 Å². The average molecular weight is 495 g/mol. The third-order valence-electron chi connectivity index (χ3n) is 4.91. The zero-order valence-electron chi connectivity index (χ0n) is 16.5.